The number of carbonyl (C=O) groups is 1. The predicted octanol–water partition coefficient (Wildman–Crippen LogP) is 2.88. The van der Waals surface area contributed by atoms with Gasteiger partial charge in [-0.15, -0.1) is 0 Å². The molecule has 0 unspecified atom stereocenters. The molecule has 0 aliphatic carbocycles. The second-order valence-electron chi connectivity index (χ2n) is 4.91. The molecule has 116 valence electrons. The van der Waals surface area contributed by atoms with Crippen LogP contribution < -0.4 is 4.90 Å². The smallest absolute Gasteiger partial charge is 0.416 e. The van der Waals surface area contributed by atoms with Crippen molar-refractivity contribution in [1.29, 1.82) is 0 Å². The van der Waals surface area contributed by atoms with E-state index in [-0.39, 0.29) is 11.9 Å². The maximum Gasteiger partial charge on any atom is 0.416 e. The Kier molecular flexibility index (Phi) is 4.69. The average Bonchev–Trinajstić information content (AvgIpc) is 2.47. The summed E-state index contributed by atoms with van der Waals surface area (Å²) in [6, 6.07) is 2.00. The van der Waals surface area contributed by atoms with Crippen LogP contribution in [-0.2, 0) is 15.7 Å². The summed E-state index contributed by atoms with van der Waals surface area (Å²) in [5, 5.41) is 0. The van der Waals surface area contributed by atoms with Crippen molar-refractivity contribution in [1.82, 2.24) is 4.98 Å². The number of carbonyl (C=O) groups excluding carboxylic acids is 1. The van der Waals surface area contributed by atoms with Gasteiger partial charge in [0.2, 0.25) is 0 Å². The molecule has 2 heterocycles. The molecule has 0 aromatic carbocycles. The Balaban J connectivity index is 2.01. The number of hydrogen-bond acceptors (Lipinski definition) is 4. The molecule has 7 heteroatoms. The summed E-state index contributed by atoms with van der Waals surface area (Å²) < 4.78 is 43.0. The topological polar surface area (TPSA) is 42.4 Å². The third-order valence-corrected chi connectivity index (χ3v) is 3.51. The summed E-state index contributed by atoms with van der Waals surface area (Å²) in [7, 11) is 0. The quantitative estimate of drug-likeness (QED) is 0.805. The van der Waals surface area contributed by atoms with E-state index in [1.54, 1.807) is 11.8 Å². The van der Waals surface area contributed by atoms with Crippen LogP contribution in [0.15, 0.2) is 18.3 Å². The first-order chi connectivity index (χ1) is 9.91. The molecule has 4 nitrogen and oxygen atoms in total. The lowest BCUT2D eigenvalue weighted by atomic mass is 9.97. The Morgan fingerprint density at radius 3 is 2.67 bits per heavy atom. The fraction of sp³-hybridized carbons (Fsp3) is 0.571. The number of hydrogen-bond donors (Lipinski definition) is 0. The van der Waals surface area contributed by atoms with Crippen molar-refractivity contribution in [2.24, 2.45) is 5.92 Å². The van der Waals surface area contributed by atoms with E-state index in [1.165, 1.54) is 0 Å². The first-order valence-corrected chi connectivity index (χ1v) is 6.86. The van der Waals surface area contributed by atoms with Gasteiger partial charge in [0.05, 0.1) is 18.1 Å². The van der Waals surface area contributed by atoms with Crippen LogP contribution in [0.3, 0.4) is 0 Å². The molecular weight excluding hydrogens is 285 g/mol. The maximum atomic E-state index is 12.7. The van der Waals surface area contributed by atoms with Crippen LogP contribution in [0.1, 0.15) is 25.3 Å². The SMILES string of the molecule is CCOC(=O)C1CCN(c2cc(C(F)(F)F)ccn2)CC1. The first-order valence-electron chi connectivity index (χ1n) is 6.86. The minimum absolute atomic E-state index is 0.174. The largest absolute Gasteiger partial charge is 0.466 e. The van der Waals surface area contributed by atoms with E-state index >= 15 is 0 Å². The van der Waals surface area contributed by atoms with Crippen LogP contribution in [0.4, 0.5) is 19.0 Å². The van der Waals surface area contributed by atoms with Crippen LogP contribution in [0.5, 0.6) is 0 Å². The second kappa shape index (κ2) is 6.32. The molecule has 1 aromatic rings. The van der Waals surface area contributed by atoms with E-state index in [0.717, 1.165) is 18.3 Å². The highest BCUT2D eigenvalue weighted by molar-refractivity contribution is 5.72. The normalized spacial score (nSPS) is 16.9. The summed E-state index contributed by atoms with van der Waals surface area (Å²) in [5.74, 6) is -0.103. The molecule has 0 N–H and O–H groups in total. The van der Waals surface area contributed by atoms with Gasteiger partial charge in [0, 0.05) is 19.3 Å². The molecule has 0 saturated carbocycles. The molecule has 1 aliphatic rings. The Bertz CT molecular complexity index is 497. The van der Waals surface area contributed by atoms with Crippen molar-refractivity contribution in [3.05, 3.63) is 23.9 Å². The highest BCUT2D eigenvalue weighted by Crippen LogP contribution is 2.31. The van der Waals surface area contributed by atoms with Gasteiger partial charge < -0.3 is 9.64 Å². The van der Waals surface area contributed by atoms with Gasteiger partial charge in [-0.25, -0.2) is 4.98 Å². The average molecular weight is 302 g/mol. The van der Waals surface area contributed by atoms with E-state index in [9.17, 15) is 18.0 Å². The van der Waals surface area contributed by atoms with Crippen molar-refractivity contribution in [2.45, 2.75) is 25.9 Å². The summed E-state index contributed by atoms with van der Waals surface area (Å²) in [6.45, 7) is 3.09. The molecule has 0 spiro atoms. The monoisotopic (exact) mass is 302 g/mol. The molecule has 21 heavy (non-hydrogen) atoms. The zero-order valence-corrected chi connectivity index (χ0v) is 11.7. The lowest BCUT2D eigenvalue weighted by Gasteiger charge is -2.31. The summed E-state index contributed by atoms with van der Waals surface area (Å²) in [5.41, 5.74) is -0.708. The molecule has 0 bridgehead atoms. The summed E-state index contributed by atoms with van der Waals surface area (Å²) in [6.07, 6.45) is -2.08. The number of pyridine rings is 1. The lowest BCUT2D eigenvalue weighted by molar-refractivity contribution is -0.148. The highest BCUT2D eigenvalue weighted by Gasteiger charge is 2.32. The van der Waals surface area contributed by atoms with Crippen LogP contribution in [0, 0.1) is 5.92 Å². The van der Waals surface area contributed by atoms with Gasteiger partial charge in [0.1, 0.15) is 5.82 Å². The van der Waals surface area contributed by atoms with Gasteiger partial charge in [0.15, 0.2) is 0 Å². The fourth-order valence-electron chi connectivity index (χ4n) is 2.37. The molecule has 1 aromatic heterocycles. The number of piperidine rings is 1. The molecule has 1 aliphatic heterocycles. The van der Waals surface area contributed by atoms with Gasteiger partial charge in [-0.1, -0.05) is 0 Å². The van der Waals surface area contributed by atoms with Crippen LogP contribution in [0.2, 0.25) is 0 Å². The van der Waals surface area contributed by atoms with Crippen LogP contribution in [-0.4, -0.2) is 30.6 Å². The number of aromatic nitrogens is 1. The minimum Gasteiger partial charge on any atom is -0.466 e. The highest BCUT2D eigenvalue weighted by atomic mass is 19.4. The predicted molar refractivity (Wildman–Crippen MR) is 70.8 cm³/mol. The Labute approximate surface area is 120 Å². The number of esters is 1. The van der Waals surface area contributed by atoms with E-state index in [2.05, 4.69) is 4.98 Å². The number of nitrogens with zero attached hydrogens (tertiary/aromatic N) is 2. The van der Waals surface area contributed by atoms with E-state index in [1.807, 2.05) is 0 Å². The lowest BCUT2D eigenvalue weighted by Crippen LogP contribution is -2.37. The van der Waals surface area contributed by atoms with E-state index in [4.69, 9.17) is 4.74 Å². The minimum atomic E-state index is -4.37. The molecule has 1 fully saturated rings. The Morgan fingerprint density at radius 1 is 1.43 bits per heavy atom. The van der Waals surface area contributed by atoms with Crippen molar-refractivity contribution < 1.29 is 22.7 Å². The maximum absolute atomic E-state index is 12.7. The Hall–Kier alpha value is -1.79. The number of rotatable bonds is 3. The Morgan fingerprint density at radius 2 is 2.10 bits per heavy atom. The third-order valence-electron chi connectivity index (χ3n) is 3.51. The summed E-state index contributed by atoms with van der Waals surface area (Å²) in [4.78, 5) is 17.4. The van der Waals surface area contributed by atoms with E-state index in [0.29, 0.717) is 38.4 Å². The van der Waals surface area contributed by atoms with Crippen LogP contribution in [0.25, 0.3) is 0 Å². The van der Waals surface area contributed by atoms with Gasteiger partial charge >= 0.3 is 12.1 Å². The van der Waals surface area contributed by atoms with Gasteiger partial charge in [-0.2, -0.15) is 13.2 Å². The molecule has 2 rings (SSSR count). The molecule has 0 atom stereocenters. The fourth-order valence-corrected chi connectivity index (χ4v) is 2.37. The van der Waals surface area contributed by atoms with Gasteiger partial charge in [0.25, 0.3) is 0 Å². The number of halogens is 3. The van der Waals surface area contributed by atoms with Crippen LogP contribution >= 0.6 is 0 Å². The molecule has 1 saturated heterocycles. The second-order valence-corrected chi connectivity index (χ2v) is 4.91. The standard InChI is InChI=1S/C14H17F3N2O2/c1-2-21-13(20)10-4-7-19(8-5-10)12-9-11(3-6-18-12)14(15,16)17/h3,6,9-10H,2,4-5,7-8H2,1H3. The number of anilines is 1. The zero-order chi connectivity index (χ0) is 15.5. The number of alkyl halides is 3. The summed E-state index contributed by atoms with van der Waals surface area (Å²) >= 11 is 0. The molecule has 0 amide bonds. The third kappa shape index (κ3) is 3.86. The van der Waals surface area contributed by atoms with Crippen molar-refractivity contribution in [3.63, 3.8) is 0 Å². The van der Waals surface area contributed by atoms with Crippen molar-refractivity contribution in [2.75, 3.05) is 24.6 Å². The van der Waals surface area contributed by atoms with Gasteiger partial charge in [-0.05, 0) is 31.9 Å². The van der Waals surface area contributed by atoms with Gasteiger partial charge in [-0.3, -0.25) is 4.79 Å². The molecular formula is C14H17F3N2O2. The zero-order valence-electron chi connectivity index (χ0n) is 11.7. The van der Waals surface area contributed by atoms with Crippen molar-refractivity contribution >= 4 is 11.8 Å². The first kappa shape index (κ1) is 15.6. The molecule has 0 radical (unpaired) electrons. The van der Waals surface area contributed by atoms with E-state index < -0.39 is 11.7 Å². The number of ether oxygens (including phenoxy) is 1. The van der Waals surface area contributed by atoms with Crippen molar-refractivity contribution in [3.8, 4) is 0 Å².